The molecule has 44 heavy (non-hydrogen) atoms. The minimum Gasteiger partial charge on any atom is -0.504 e. The second-order valence-corrected chi connectivity index (χ2v) is 10.6. The molecule has 2 N–H and O–H groups in total. The van der Waals surface area contributed by atoms with E-state index in [1.807, 2.05) is 37.3 Å². The first-order chi connectivity index (χ1) is 21.2. The van der Waals surface area contributed by atoms with Crippen LogP contribution in [0.5, 0.6) is 17.2 Å². The molecule has 0 unspecified atom stereocenters. The molecule has 1 saturated carbocycles. The van der Waals surface area contributed by atoms with Crippen molar-refractivity contribution in [2.24, 2.45) is 11.8 Å². The number of aliphatic hydroxyl groups is 1. The quantitative estimate of drug-likeness (QED) is 0.132. The maximum absolute atomic E-state index is 11.1. The van der Waals surface area contributed by atoms with E-state index in [9.17, 15) is 9.59 Å². The molecule has 248 valence electrons. The Bertz CT molecular complexity index is 1000. The van der Waals surface area contributed by atoms with Crippen molar-refractivity contribution >= 4 is 11.9 Å². The molecule has 1 fully saturated rings. The van der Waals surface area contributed by atoms with Gasteiger partial charge in [0.15, 0.2) is 11.5 Å². The number of methoxy groups -OCH3 is 1. The molecule has 2 aromatic rings. The molecule has 3 rings (SSSR count). The fourth-order valence-corrected chi connectivity index (χ4v) is 4.02. The maximum Gasteiger partial charge on any atom is 0.308 e. The highest BCUT2D eigenvalue weighted by Crippen LogP contribution is 2.26. The molecular weight excluding hydrogens is 560 g/mol. The highest BCUT2D eigenvalue weighted by atomic mass is 16.6. The molecule has 0 atom stereocenters. The third-order valence-electron chi connectivity index (χ3n) is 6.50. The summed E-state index contributed by atoms with van der Waals surface area (Å²) in [5.74, 6) is 1.91. The smallest absolute Gasteiger partial charge is 0.308 e. The van der Waals surface area contributed by atoms with Crippen LogP contribution in [0.15, 0.2) is 61.2 Å². The molecule has 0 spiro atoms. The summed E-state index contributed by atoms with van der Waals surface area (Å²) in [6.45, 7) is 12.4. The Hall–Kier alpha value is -3.52. The van der Waals surface area contributed by atoms with Gasteiger partial charge in [-0.25, -0.2) is 0 Å². The second-order valence-electron chi connectivity index (χ2n) is 10.6. The van der Waals surface area contributed by atoms with E-state index in [-0.39, 0.29) is 30.2 Å². The van der Waals surface area contributed by atoms with Gasteiger partial charge in [-0.2, -0.15) is 0 Å². The number of aromatic hydroxyl groups is 1. The number of rotatable bonds is 13. The van der Waals surface area contributed by atoms with Crippen molar-refractivity contribution in [3.63, 3.8) is 0 Å². The number of carbonyl (C=O) groups excluding carboxylic acids is 2. The first-order valence-corrected chi connectivity index (χ1v) is 15.8. The molecule has 1 aliphatic rings. The fraction of sp³-hybridized carbons (Fsp3) is 0.556. The molecule has 1 aliphatic carbocycles. The van der Waals surface area contributed by atoms with Crippen LogP contribution in [0.2, 0.25) is 0 Å². The van der Waals surface area contributed by atoms with E-state index in [0.29, 0.717) is 32.0 Å². The molecule has 0 radical (unpaired) electrons. The first kappa shape index (κ1) is 40.5. The van der Waals surface area contributed by atoms with Gasteiger partial charge in [0.2, 0.25) is 0 Å². The van der Waals surface area contributed by atoms with Crippen molar-refractivity contribution in [2.75, 3.05) is 26.9 Å². The van der Waals surface area contributed by atoms with E-state index in [1.54, 1.807) is 26.0 Å². The van der Waals surface area contributed by atoms with Crippen LogP contribution in [0.1, 0.15) is 91.0 Å². The van der Waals surface area contributed by atoms with Gasteiger partial charge in [0, 0.05) is 6.42 Å². The van der Waals surface area contributed by atoms with Crippen LogP contribution >= 0.6 is 0 Å². The summed E-state index contributed by atoms with van der Waals surface area (Å²) in [4.78, 5) is 21.7. The summed E-state index contributed by atoms with van der Waals surface area (Å²) >= 11 is 0. The van der Waals surface area contributed by atoms with Crippen molar-refractivity contribution in [3.05, 3.63) is 66.7 Å². The van der Waals surface area contributed by atoms with Crippen LogP contribution < -0.4 is 9.47 Å². The fourth-order valence-electron chi connectivity index (χ4n) is 4.02. The molecule has 8 nitrogen and oxygen atoms in total. The molecule has 8 heteroatoms. The molecule has 0 saturated heterocycles. The number of benzene rings is 2. The average molecular weight is 617 g/mol. The summed E-state index contributed by atoms with van der Waals surface area (Å²) in [6, 6.07) is 14.2. The number of allylic oxidation sites excluding steroid dienone is 1. The van der Waals surface area contributed by atoms with E-state index >= 15 is 0 Å². The summed E-state index contributed by atoms with van der Waals surface area (Å²) in [5.41, 5.74) is 0.722. The maximum atomic E-state index is 11.1. The summed E-state index contributed by atoms with van der Waals surface area (Å²) in [6.07, 6.45) is 13.2. The normalized spacial score (nSPS) is 12.2. The lowest BCUT2D eigenvalue weighted by molar-refractivity contribution is -0.148. The van der Waals surface area contributed by atoms with E-state index < -0.39 is 0 Å². The lowest BCUT2D eigenvalue weighted by Gasteiger charge is -2.19. The summed E-state index contributed by atoms with van der Waals surface area (Å²) in [7, 11) is 1.47. The largest absolute Gasteiger partial charge is 0.504 e. The molecule has 0 amide bonds. The molecule has 0 aliphatic heterocycles. The van der Waals surface area contributed by atoms with Gasteiger partial charge in [0.1, 0.15) is 19.0 Å². The van der Waals surface area contributed by atoms with Crippen molar-refractivity contribution < 1.29 is 38.7 Å². The Labute approximate surface area is 265 Å². The van der Waals surface area contributed by atoms with Crippen molar-refractivity contribution in [1.82, 2.24) is 0 Å². The monoisotopic (exact) mass is 616 g/mol. The zero-order valence-corrected chi connectivity index (χ0v) is 27.6. The highest BCUT2D eigenvalue weighted by molar-refractivity contribution is 5.71. The van der Waals surface area contributed by atoms with E-state index in [4.69, 9.17) is 29.2 Å². The SMILES string of the molecule is C=CCC1CCCCC1.CC(C)C(=O)OCCOc1ccccc1.CCCCC(=O)OCC.COc1cc(CO)ccc1O. The summed E-state index contributed by atoms with van der Waals surface area (Å²) < 4.78 is 19.9. The zero-order chi connectivity index (χ0) is 33.0. The van der Waals surface area contributed by atoms with Crippen molar-refractivity contribution in [2.45, 2.75) is 92.1 Å². The Morgan fingerprint density at radius 3 is 2.23 bits per heavy atom. The number of hydrogen-bond donors (Lipinski definition) is 2. The van der Waals surface area contributed by atoms with Crippen LogP contribution in [0, 0.1) is 11.8 Å². The lowest BCUT2D eigenvalue weighted by Crippen LogP contribution is -2.16. The second kappa shape index (κ2) is 27.1. The number of para-hydroxylation sites is 1. The predicted octanol–water partition coefficient (Wildman–Crippen LogP) is 8.04. The molecule has 2 aromatic carbocycles. The number of ether oxygens (including phenoxy) is 4. The van der Waals surface area contributed by atoms with Gasteiger partial charge in [-0.05, 0) is 55.5 Å². The third kappa shape index (κ3) is 21.2. The lowest BCUT2D eigenvalue weighted by atomic mass is 9.87. The molecular formula is C36H56O8. The van der Waals surface area contributed by atoms with Gasteiger partial charge >= 0.3 is 11.9 Å². The topological polar surface area (TPSA) is 112 Å². The third-order valence-corrected chi connectivity index (χ3v) is 6.50. The number of carbonyl (C=O) groups is 2. The van der Waals surface area contributed by atoms with E-state index in [0.717, 1.165) is 30.1 Å². The number of unbranched alkanes of at least 4 members (excludes halogenated alkanes) is 1. The minimum absolute atomic E-state index is 0.0450. The van der Waals surface area contributed by atoms with Gasteiger partial charge < -0.3 is 29.2 Å². The van der Waals surface area contributed by atoms with E-state index in [2.05, 4.69) is 19.6 Å². The Kier molecular flexibility index (Phi) is 24.9. The Balaban J connectivity index is 0.000000575. The number of phenolic OH excluding ortho intramolecular Hbond substituents is 1. The number of esters is 2. The van der Waals surface area contributed by atoms with Crippen LogP contribution in [0.3, 0.4) is 0 Å². The minimum atomic E-state index is -0.188. The number of phenols is 1. The number of aliphatic hydroxyl groups excluding tert-OH is 1. The average Bonchev–Trinajstić information content (AvgIpc) is 3.04. The van der Waals surface area contributed by atoms with Crippen molar-refractivity contribution in [1.29, 1.82) is 0 Å². The zero-order valence-electron chi connectivity index (χ0n) is 27.6. The summed E-state index contributed by atoms with van der Waals surface area (Å²) in [5, 5.41) is 17.8. The van der Waals surface area contributed by atoms with Crippen LogP contribution in [-0.4, -0.2) is 49.1 Å². The van der Waals surface area contributed by atoms with Gasteiger partial charge in [-0.1, -0.05) is 89.6 Å². The van der Waals surface area contributed by atoms with Gasteiger partial charge in [0.25, 0.3) is 0 Å². The van der Waals surface area contributed by atoms with Gasteiger partial charge in [0.05, 0.1) is 26.2 Å². The Morgan fingerprint density at radius 2 is 1.68 bits per heavy atom. The van der Waals surface area contributed by atoms with Crippen LogP contribution in [0.25, 0.3) is 0 Å². The number of hydrogen-bond acceptors (Lipinski definition) is 8. The van der Waals surface area contributed by atoms with E-state index in [1.165, 1.54) is 51.7 Å². The van der Waals surface area contributed by atoms with Crippen molar-refractivity contribution in [3.8, 4) is 17.2 Å². The Morgan fingerprint density at radius 1 is 1.00 bits per heavy atom. The van der Waals surface area contributed by atoms with Gasteiger partial charge in [-0.3, -0.25) is 9.59 Å². The first-order valence-electron chi connectivity index (χ1n) is 15.8. The van der Waals surface area contributed by atoms with Crippen LogP contribution in [-0.2, 0) is 25.7 Å². The van der Waals surface area contributed by atoms with Gasteiger partial charge in [-0.15, -0.1) is 6.58 Å². The molecule has 0 aromatic heterocycles. The standard InChI is InChI=1S/C12H16O3.C9H16.C8H10O3.C7H14O2/c1-10(2)12(13)15-9-8-14-11-6-4-3-5-7-11;1-2-6-9-7-4-3-5-8-9;1-11-8-4-6(5-9)2-3-7(8)10;1-3-5-6-7(8)9-4-2/h3-7,10H,8-9H2,1-2H3;2,9H,1,3-8H2;2-4,9-10H,5H2,1H3;3-6H2,1-2H3. The predicted molar refractivity (Wildman–Crippen MR) is 176 cm³/mol. The molecule has 0 bridgehead atoms. The highest BCUT2D eigenvalue weighted by Gasteiger charge is 2.10. The van der Waals surface area contributed by atoms with Crippen LogP contribution in [0.4, 0.5) is 0 Å². The molecule has 0 heterocycles.